The maximum atomic E-state index is 12.4. The van der Waals surface area contributed by atoms with Gasteiger partial charge in [-0.25, -0.2) is 8.42 Å². The molecule has 1 atom stereocenters. The number of ether oxygens (including phenoxy) is 1. The van der Waals surface area contributed by atoms with Crippen molar-refractivity contribution in [2.45, 2.75) is 44.1 Å². The zero-order valence-corrected chi connectivity index (χ0v) is 14.7. The zero-order valence-electron chi connectivity index (χ0n) is 13.9. The number of aromatic nitrogens is 2. The van der Waals surface area contributed by atoms with E-state index in [0.717, 1.165) is 0 Å². The number of morpholine rings is 1. The van der Waals surface area contributed by atoms with Crippen molar-refractivity contribution in [3.8, 4) is 0 Å². The molecule has 0 spiro atoms. The van der Waals surface area contributed by atoms with E-state index in [9.17, 15) is 13.2 Å². The van der Waals surface area contributed by atoms with Gasteiger partial charge in [-0.15, -0.1) is 0 Å². The Kier molecular flexibility index (Phi) is 5.10. The molecule has 8 nitrogen and oxygen atoms in total. The quantitative estimate of drug-likeness (QED) is 0.784. The molecule has 130 valence electrons. The Labute approximate surface area is 136 Å². The van der Waals surface area contributed by atoms with Gasteiger partial charge in [-0.05, 0) is 6.92 Å². The van der Waals surface area contributed by atoms with E-state index in [2.05, 4.69) is 10.1 Å². The lowest BCUT2D eigenvalue weighted by atomic mass is 9.97. The summed E-state index contributed by atoms with van der Waals surface area (Å²) in [6.45, 7) is 8.76. The van der Waals surface area contributed by atoms with Crippen molar-refractivity contribution in [1.29, 1.82) is 0 Å². The predicted octanol–water partition coefficient (Wildman–Crippen LogP) is 0.529. The number of nitrogens with zero attached hydrogens (tertiary/aromatic N) is 3. The second-order valence-corrected chi connectivity index (χ2v) is 8.97. The van der Waals surface area contributed by atoms with E-state index in [1.165, 1.54) is 11.8 Å². The van der Waals surface area contributed by atoms with Crippen LogP contribution in [-0.2, 0) is 30.5 Å². The summed E-state index contributed by atoms with van der Waals surface area (Å²) in [5.41, 5.74) is -0.357. The van der Waals surface area contributed by atoms with E-state index in [4.69, 9.17) is 9.26 Å². The van der Waals surface area contributed by atoms with Gasteiger partial charge in [-0.1, -0.05) is 25.9 Å². The van der Waals surface area contributed by atoms with Gasteiger partial charge in [-0.3, -0.25) is 4.79 Å². The topological polar surface area (TPSA) is 103 Å². The fraction of sp³-hybridized carbons (Fsp3) is 0.786. The van der Waals surface area contributed by atoms with Crippen molar-refractivity contribution in [3.05, 3.63) is 11.7 Å². The number of carbonyl (C=O) groups excluding carboxylic acids is 1. The highest BCUT2D eigenvalue weighted by Gasteiger charge is 2.34. The second-order valence-electron chi connectivity index (χ2n) is 6.65. The van der Waals surface area contributed by atoms with Crippen LogP contribution in [-0.4, -0.2) is 60.9 Å². The Hall–Kier alpha value is -1.48. The molecule has 0 saturated carbocycles. The number of hydrogen-bond donors (Lipinski definition) is 0. The normalized spacial score (nSPS) is 18.0. The van der Waals surface area contributed by atoms with Crippen molar-refractivity contribution in [2.24, 2.45) is 0 Å². The van der Waals surface area contributed by atoms with E-state index < -0.39 is 26.7 Å². The van der Waals surface area contributed by atoms with Crippen molar-refractivity contribution in [3.63, 3.8) is 0 Å². The molecular formula is C14H23N3O5S. The highest BCUT2D eigenvalue weighted by atomic mass is 32.2. The van der Waals surface area contributed by atoms with Crippen molar-refractivity contribution in [1.82, 2.24) is 15.0 Å². The van der Waals surface area contributed by atoms with E-state index in [-0.39, 0.29) is 11.2 Å². The zero-order chi connectivity index (χ0) is 17.3. The van der Waals surface area contributed by atoms with Crippen LogP contribution in [0.4, 0.5) is 0 Å². The Balaban J connectivity index is 2.08. The average Bonchev–Trinajstić information content (AvgIpc) is 2.94. The van der Waals surface area contributed by atoms with Crippen LogP contribution in [0, 0.1) is 0 Å². The molecule has 2 heterocycles. The molecule has 0 N–H and O–H groups in total. The Morgan fingerprint density at radius 1 is 1.30 bits per heavy atom. The molecule has 1 aromatic heterocycles. The lowest BCUT2D eigenvalue weighted by Crippen LogP contribution is -2.47. The first kappa shape index (κ1) is 17.9. The molecule has 0 radical (unpaired) electrons. The number of amides is 1. The number of sulfone groups is 1. The second kappa shape index (κ2) is 6.56. The largest absolute Gasteiger partial charge is 0.378 e. The first-order valence-corrected chi connectivity index (χ1v) is 9.24. The van der Waals surface area contributed by atoms with E-state index in [0.29, 0.717) is 32.2 Å². The van der Waals surface area contributed by atoms with Gasteiger partial charge >= 0.3 is 0 Å². The third kappa shape index (κ3) is 4.29. The third-order valence-corrected chi connectivity index (χ3v) is 5.59. The Bertz CT molecular complexity index is 656. The number of carbonyl (C=O) groups is 1. The lowest BCUT2D eigenvalue weighted by molar-refractivity contribution is -0.134. The van der Waals surface area contributed by atoms with Gasteiger partial charge in [0.15, 0.2) is 15.7 Å². The molecule has 23 heavy (non-hydrogen) atoms. The molecule has 0 aromatic carbocycles. The molecule has 2 rings (SSSR count). The molecular weight excluding hydrogens is 322 g/mol. The monoisotopic (exact) mass is 345 g/mol. The maximum absolute atomic E-state index is 12.4. The summed E-state index contributed by atoms with van der Waals surface area (Å²) in [5, 5.41) is 2.57. The van der Waals surface area contributed by atoms with E-state index in [1.54, 1.807) is 0 Å². The Morgan fingerprint density at radius 2 is 1.91 bits per heavy atom. The van der Waals surface area contributed by atoms with Crippen LogP contribution in [0.25, 0.3) is 0 Å². The smallest absolute Gasteiger partial charge is 0.240 e. The average molecular weight is 345 g/mol. The molecule has 1 aromatic rings. The Morgan fingerprint density at radius 3 is 2.43 bits per heavy atom. The molecule has 0 bridgehead atoms. The summed E-state index contributed by atoms with van der Waals surface area (Å²) >= 11 is 0. The summed E-state index contributed by atoms with van der Waals surface area (Å²) in [6, 6.07) is 0. The van der Waals surface area contributed by atoms with Crippen molar-refractivity contribution < 1.29 is 22.5 Å². The summed E-state index contributed by atoms with van der Waals surface area (Å²) in [6.07, 6.45) is 0. The standard InChI is InChI=1S/C14H23N3O5S/c1-10(12(18)17-5-7-21-8-6-17)23(19,20)9-11-15-13(22-16-11)14(2,3)4/h10H,5-9H2,1-4H3/t10-/m1/s1. The van der Waals surface area contributed by atoms with Crippen LogP contribution in [0.15, 0.2) is 4.52 Å². The van der Waals surface area contributed by atoms with E-state index >= 15 is 0 Å². The van der Waals surface area contributed by atoms with Gasteiger partial charge in [0.25, 0.3) is 0 Å². The first-order valence-electron chi connectivity index (χ1n) is 7.52. The van der Waals surface area contributed by atoms with Crippen molar-refractivity contribution >= 4 is 15.7 Å². The summed E-state index contributed by atoms with van der Waals surface area (Å²) < 4.78 is 35.1. The maximum Gasteiger partial charge on any atom is 0.240 e. The SMILES string of the molecule is C[C@H](C(=O)N1CCOCC1)S(=O)(=O)Cc1noc(C(C)(C)C)n1. The van der Waals surface area contributed by atoms with Crippen LogP contribution in [0.5, 0.6) is 0 Å². The molecule has 0 aliphatic carbocycles. The van der Waals surface area contributed by atoms with Gasteiger partial charge in [0.05, 0.1) is 13.2 Å². The minimum absolute atomic E-state index is 0.0801. The van der Waals surface area contributed by atoms with Crippen LogP contribution < -0.4 is 0 Å². The summed E-state index contributed by atoms with van der Waals surface area (Å²) in [5.74, 6) is -0.372. The minimum atomic E-state index is -3.71. The van der Waals surface area contributed by atoms with Gasteiger partial charge in [-0.2, -0.15) is 4.98 Å². The third-order valence-electron chi connectivity index (χ3n) is 3.65. The highest BCUT2D eigenvalue weighted by Crippen LogP contribution is 2.21. The molecule has 1 aliphatic rings. The summed E-state index contributed by atoms with van der Waals surface area (Å²) in [7, 11) is -3.71. The van der Waals surface area contributed by atoms with Crippen molar-refractivity contribution in [2.75, 3.05) is 26.3 Å². The number of rotatable bonds is 4. The first-order chi connectivity index (χ1) is 10.6. The van der Waals surface area contributed by atoms with Gasteiger partial charge in [0, 0.05) is 18.5 Å². The van der Waals surface area contributed by atoms with Crippen LogP contribution in [0.2, 0.25) is 0 Å². The van der Waals surface area contributed by atoms with Crippen LogP contribution in [0.1, 0.15) is 39.4 Å². The molecule has 9 heteroatoms. The molecule has 1 saturated heterocycles. The summed E-state index contributed by atoms with van der Waals surface area (Å²) in [4.78, 5) is 18.0. The van der Waals surface area contributed by atoms with E-state index in [1.807, 2.05) is 20.8 Å². The van der Waals surface area contributed by atoms with Crippen LogP contribution >= 0.6 is 0 Å². The lowest BCUT2D eigenvalue weighted by Gasteiger charge is -2.28. The fourth-order valence-electron chi connectivity index (χ4n) is 2.12. The predicted molar refractivity (Wildman–Crippen MR) is 82.5 cm³/mol. The van der Waals surface area contributed by atoms with Gasteiger partial charge < -0.3 is 14.2 Å². The molecule has 1 aliphatic heterocycles. The van der Waals surface area contributed by atoms with Gasteiger partial charge in [0.2, 0.25) is 11.8 Å². The molecule has 0 unspecified atom stereocenters. The number of hydrogen-bond acceptors (Lipinski definition) is 7. The van der Waals surface area contributed by atoms with Crippen LogP contribution in [0.3, 0.4) is 0 Å². The van der Waals surface area contributed by atoms with Gasteiger partial charge in [0.1, 0.15) is 11.0 Å². The molecule has 1 amide bonds. The fourth-order valence-corrected chi connectivity index (χ4v) is 3.30. The highest BCUT2D eigenvalue weighted by molar-refractivity contribution is 7.92. The molecule has 1 fully saturated rings. The minimum Gasteiger partial charge on any atom is -0.378 e.